The minimum atomic E-state index is 0.736. The zero-order valence-electron chi connectivity index (χ0n) is 11.9. The molecule has 0 spiro atoms. The summed E-state index contributed by atoms with van der Waals surface area (Å²) in [5.41, 5.74) is 0. The summed E-state index contributed by atoms with van der Waals surface area (Å²) >= 11 is 0. The summed E-state index contributed by atoms with van der Waals surface area (Å²) in [4.78, 5) is 2.79. The maximum absolute atomic E-state index is 3.56. The van der Waals surface area contributed by atoms with E-state index in [1.54, 1.807) is 0 Å². The Balaban J connectivity index is 1.76. The molecule has 0 bridgehead atoms. The average Bonchev–Trinajstić information content (AvgIpc) is 3.07. The SMILES string of the molecule is CC(C)CCN(CC1CCNC(C)C1)C1CC1. The lowest BCUT2D eigenvalue weighted by atomic mass is 9.92. The molecule has 2 fully saturated rings. The summed E-state index contributed by atoms with van der Waals surface area (Å²) in [6, 6.07) is 1.68. The van der Waals surface area contributed by atoms with Crippen molar-refractivity contribution in [3.05, 3.63) is 0 Å². The first-order chi connectivity index (χ1) is 8.15. The lowest BCUT2D eigenvalue weighted by molar-refractivity contribution is 0.177. The van der Waals surface area contributed by atoms with Crippen molar-refractivity contribution < 1.29 is 0 Å². The minimum Gasteiger partial charge on any atom is -0.314 e. The molecule has 2 heteroatoms. The molecule has 1 saturated carbocycles. The molecule has 1 saturated heterocycles. The Morgan fingerprint density at radius 1 is 1.24 bits per heavy atom. The van der Waals surface area contributed by atoms with Gasteiger partial charge in [-0.25, -0.2) is 0 Å². The largest absolute Gasteiger partial charge is 0.314 e. The molecule has 1 heterocycles. The van der Waals surface area contributed by atoms with E-state index in [1.807, 2.05) is 0 Å². The van der Waals surface area contributed by atoms with Gasteiger partial charge >= 0.3 is 0 Å². The third kappa shape index (κ3) is 4.59. The van der Waals surface area contributed by atoms with Gasteiger partial charge in [-0.1, -0.05) is 13.8 Å². The molecule has 100 valence electrons. The Kier molecular flexibility index (Phi) is 4.87. The minimum absolute atomic E-state index is 0.736. The topological polar surface area (TPSA) is 15.3 Å². The molecule has 1 aliphatic heterocycles. The second kappa shape index (κ2) is 6.19. The summed E-state index contributed by atoms with van der Waals surface area (Å²) in [7, 11) is 0. The third-order valence-corrected chi connectivity index (χ3v) is 4.28. The van der Waals surface area contributed by atoms with Crippen molar-refractivity contribution in [3.63, 3.8) is 0 Å². The monoisotopic (exact) mass is 238 g/mol. The van der Waals surface area contributed by atoms with Crippen molar-refractivity contribution in [3.8, 4) is 0 Å². The molecule has 2 unspecified atom stereocenters. The number of nitrogens with one attached hydrogen (secondary N) is 1. The van der Waals surface area contributed by atoms with Crippen LogP contribution in [0.15, 0.2) is 0 Å². The normalized spacial score (nSPS) is 30.2. The number of hydrogen-bond donors (Lipinski definition) is 1. The molecule has 2 aliphatic rings. The van der Waals surface area contributed by atoms with Crippen LogP contribution in [0.4, 0.5) is 0 Å². The summed E-state index contributed by atoms with van der Waals surface area (Å²) in [6.07, 6.45) is 7.05. The summed E-state index contributed by atoms with van der Waals surface area (Å²) in [5, 5.41) is 3.56. The zero-order valence-corrected chi connectivity index (χ0v) is 11.9. The van der Waals surface area contributed by atoms with Crippen molar-refractivity contribution in [2.45, 2.75) is 65.0 Å². The third-order valence-electron chi connectivity index (χ3n) is 4.28. The molecule has 0 aromatic heterocycles. The smallest absolute Gasteiger partial charge is 0.00965 e. The highest BCUT2D eigenvalue weighted by Crippen LogP contribution is 2.30. The Morgan fingerprint density at radius 3 is 2.59 bits per heavy atom. The average molecular weight is 238 g/mol. The second-order valence-electron chi connectivity index (χ2n) is 6.65. The first-order valence-electron chi connectivity index (χ1n) is 7.62. The number of hydrogen-bond acceptors (Lipinski definition) is 2. The van der Waals surface area contributed by atoms with Crippen LogP contribution < -0.4 is 5.32 Å². The van der Waals surface area contributed by atoms with E-state index in [9.17, 15) is 0 Å². The first-order valence-corrected chi connectivity index (χ1v) is 7.62. The van der Waals surface area contributed by atoms with Crippen molar-refractivity contribution in [1.29, 1.82) is 0 Å². The van der Waals surface area contributed by atoms with Gasteiger partial charge in [0, 0.05) is 18.6 Å². The molecule has 0 aromatic carbocycles. The van der Waals surface area contributed by atoms with Gasteiger partial charge in [-0.2, -0.15) is 0 Å². The van der Waals surface area contributed by atoms with Crippen LogP contribution in [0.25, 0.3) is 0 Å². The lowest BCUT2D eigenvalue weighted by Gasteiger charge is -2.33. The van der Waals surface area contributed by atoms with Crippen LogP contribution in [-0.2, 0) is 0 Å². The van der Waals surface area contributed by atoms with Gasteiger partial charge < -0.3 is 10.2 Å². The van der Waals surface area contributed by atoms with E-state index < -0.39 is 0 Å². The van der Waals surface area contributed by atoms with Gasteiger partial charge in [0.05, 0.1) is 0 Å². The molecular weight excluding hydrogens is 208 g/mol. The Bertz CT molecular complexity index is 223. The Morgan fingerprint density at radius 2 is 2.00 bits per heavy atom. The molecule has 2 rings (SSSR count). The highest BCUT2D eigenvalue weighted by Gasteiger charge is 2.31. The Labute approximate surface area is 107 Å². The predicted octanol–water partition coefficient (Wildman–Crippen LogP) is 2.89. The molecule has 1 N–H and O–H groups in total. The van der Waals surface area contributed by atoms with Crippen LogP contribution in [0, 0.1) is 11.8 Å². The van der Waals surface area contributed by atoms with E-state index in [2.05, 4.69) is 31.0 Å². The van der Waals surface area contributed by atoms with Gasteiger partial charge in [-0.3, -0.25) is 0 Å². The van der Waals surface area contributed by atoms with Gasteiger partial charge in [-0.05, 0) is 64.0 Å². The molecule has 0 amide bonds. The van der Waals surface area contributed by atoms with Crippen LogP contribution in [0.3, 0.4) is 0 Å². The molecule has 0 radical (unpaired) electrons. The van der Waals surface area contributed by atoms with E-state index in [1.165, 1.54) is 51.7 Å². The fraction of sp³-hybridized carbons (Fsp3) is 1.00. The van der Waals surface area contributed by atoms with Crippen LogP contribution in [-0.4, -0.2) is 36.6 Å². The number of piperidine rings is 1. The molecular formula is C15H30N2. The summed E-state index contributed by atoms with van der Waals surface area (Å²) < 4.78 is 0. The highest BCUT2D eigenvalue weighted by atomic mass is 15.2. The van der Waals surface area contributed by atoms with E-state index in [0.717, 1.165) is 23.9 Å². The number of rotatable bonds is 6. The van der Waals surface area contributed by atoms with Gasteiger partial charge in [0.15, 0.2) is 0 Å². The first kappa shape index (κ1) is 13.4. The predicted molar refractivity (Wildman–Crippen MR) is 74.2 cm³/mol. The van der Waals surface area contributed by atoms with Crippen LogP contribution in [0.1, 0.15) is 52.9 Å². The molecule has 2 nitrogen and oxygen atoms in total. The highest BCUT2D eigenvalue weighted by molar-refractivity contribution is 4.87. The van der Waals surface area contributed by atoms with Gasteiger partial charge in [0.1, 0.15) is 0 Å². The van der Waals surface area contributed by atoms with Crippen molar-refractivity contribution >= 4 is 0 Å². The number of nitrogens with zero attached hydrogens (tertiary/aromatic N) is 1. The van der Waals surface area contributed by atoms with Gasteiger partial charge in [-0.15, -0.1) is 0 Å². The maximum Gasteiger partial charge on any atom is 0.00965 e. The summed E-state index contributed by atoms with van der Waals surface area (Å²) in [5.74, 6) is 1.79. The van der Waals surface area contributed by atoms with Crippen molar-refractivity contribution in [2.75, 3.05) is 19.6 Å². The van der Waals surface area contributed by atoms with E-state index >= 15 is 0 Å². The molecule has 17 heavy (non-hydrogen) atoms. The second-order valence-corrected chi connectivity index (χ2v) is 6.65. The fourth-order valence-electron chi connectivity index (χ4n) is 3.02. The van der Waals surface area contributed by atoms with E-state index in [-0.39, 0.29) is 0 Å². The van der Waals surface area contributed by atoms with E-state index in [0.29, 0.717) is 0 Å². The quantitative estimate of drug-likeness (QED) is 0.765. The maximum atomic E-state index is 3.56. The van der Waals surface area contributed by atoms with Crippen LogP contribution in [0.5, 0.6) is 0 Å². The van der Waals surface area contributed by atoms with Crippen LogP contribution in [0.2, 0.25) is 0 Å². The molecule has 2 atom stereocenters. The van der Waals surface area contributed by atoms with Gasteiger partial charge in [0.2, 0.25) is 0 Å². The van der Waals surface area contributed by atoms with Gasteiger partial charge in [0.25, 0.3) is 0 Å². The summed E-state index contributed by atoms with van der Waals surface area (Å²) in [6.45, 7) is 11.0. The molecule has 1 aliphatic carbocycles. The van der Waals surface area contributed by atoms with Crippen molar-refractivity contribution in [2.24, 2.45) is 11.8 Å². The lowest BCUT2D eigenvalue weighted by Crippen LogP contribution is -2.41. The standard InChI is InChI=1S/C15H30N2/c1-12(2)7-9-17(15-4-5-15)11-14-6-8-16-13(3)10-14/h12-16H,4-11H2,1-3H3. The van der Waals surface area contributed by atoms with Crippen LogP contribution >= 0.6 is 0 Å². The molecule has 0 aromatic rings. The van der Waals surface area contributed by atoms with Crippen molar-refractivity contribution in [1.82, 2.24) is 10.2 Å². The fourth-order valence-corrected chi connectivity index (χ4v) is 3.02. The van der Waals surface area contributed by atoms with E-state index in [4.69, 9.17) is 0 Å². The zero-order chi connectivity index (χ0) is 12.3. The Hall–Kier alpha value is -0.0800.